The Balaban J connectivity index is 3.69. The molecule has 0 spiro atoms. The minimum Gasteiger partial charge on any atom is -0.460 e. The molecule has 3 nitrogen and oxygen atoms in total. The average molecular weight is 157 g/mol. The summed E-state index contributed by atoms with van der Waals surface area (Å²) in [5.74, 6) is -0.297. The molecule has 0 unspecified atom stereocenters. The van der Waals surface area contributed by atoms with E-state index in [0.29, 0.717) is 0 Å². The topological polar surface area (TPSA) is 29.5 Å². The first-order chi connectivity index (χ1) is 5.02. The Kier molecular flexibility index (Phi) is 4.34. The molecule has 0 aromatic rings. The van der Waals surface area contributed by atoms with Crippen molar-refractivity contribution in [3.8, 4) is 0 Å². The van der Waals surface area contributed by atoms with Crippen molar-refractivity contribution in [3.63, 3.8) is 0 Å². The number of rotatable bonds is 3. The molecule has 0 bridgehead atoms. The zero-order valence-electron chi connectivity index (χ0n) is 7.50. The fourth-order valence-corrected chi connectivity index (χ4v) is 0.482. The molecule has 0 radical (unpaired) electrons. The van der Waals surface area contributed by atoms with Crippen molar-refractivity contribution in [2.75, 3.05) is 14.1 Å². The van der Waals surface area contributed by atoms with Gasteiger partial charge in [-0.15, -0.1) is 0 Å². The minimum atomic E-state index is -0.297. The maximum absolute atomic E-state index is 10.8. The highest BCUT2D eigenvalue weighted by Gasteiger charge is 1.98. The highest BCUT2D eigenvalue weighted by atomic mass is 16.5. The number of ether oxygens (including phenoxy) is 1. The second kappa shape index (κ2) is 4.77. The molecule has 0 aliphatic rings. The van der Waals surface area contributed by atoms with E-state index < -0.39 is 0 Å². The lowest BCUT2D eigenvalue weighted by atomic mass is 10.5. The monoisotopic (exact) mass is 157 g/mol. The predicted octanol–water partition coefficient (Wildman–Crippen LogP) is 1.01. The lowest BCUT2D eigenvalue weighted by Gasteiger charge is -2.06. The molecule has 0 N–H and O–H groups in total. The Morgan fingerprint density at radius 2 is 2.00 bits per heavy atom. The quantitative estimate of drug-likeness (QED) is 0.452. The fourth-order valence-electron chi connectivity index (χ4n) is 0.482. The van der Waals surface area contributed by atoms with Crippen LogP contribution in [0, 0.1) is 0 Å². The standard InChI is InChI=1S/C8H15NO2/c1-7(2)11-8(10)5-6-9(3)4/h5-7H,1-4H3. The molecule has 0 saturated carbocycles. The van der Waals surface area contributed by atoms with Crippen molar-refractivity contribution in [1.82, 2.24) is 4.90 Å². The van der Waals surface area contributed by atoms with Gasteiger partial charge in [-0.05, 0) is 13.8 Å². The Morgan fingerprint density at radius 3 is 2.36 bits per heavy atom. The Bertz CT molecular complexity index is 150. The van der Waals surface area contributed by atoms with Crippen LogP contribution in [0.4, 0.5) is 0 Å². The van der Waals surface area contributed by atoms with Crippen molar-refractivity contribution in [3.05, 3.63) is 12.3 Å². The van der Waals surface area contributed by atoms with Gasteiger partial charge < -0.3 is 9.64 Å². The lowest BCUT2D eigenvalue weighted by Crippen LogP contribution is -2.10. The van der Waals surface area contributed by atoms with E-state index in [0.717, 1.165) is 0 Å². The van der Waals surface area contributed by atoms with E-state index in [1.165, 1.54) is 6.08 Å². The largest absolute Gasteiger partial charge is 0.460 e. The number of nitrogens with zero attached hydrogens (tertiary/aromatic N) is 1. The Morgan fingerprint density at radius 1 is 1.45 bits per heavy atom. The molecule has 0 saturated heterocycles. The number of hydrogen-bond acceptors (Lipinski definition) is 3. The van der Waals surface area contributed by atoms with Crippen molar-refractivity contribution < 1.29 is 9.53 Å². The summed E-state index contributed by atoms with van der Waals surface area (Å²) in [4.78, 5) is 12.6. The summed E-state index contributed by atoms with van der Waals surface area (Å²) >= 11 is 0. The van der Waals surface area contributed by atoms with E-state index in [9.17, 15) is 4.79 Å². The van der Waals surface area contributed by atoms with E-state index in [2.05, 4.69) is 0 Å². The molecule has 11 heavy (non-hydrogen) atoms. The van der Waals surface area contributed by atoms with Gasteiger partial charge in [0.05, 0.1) is 6.10 Å². The molecule has 0 aromatic carbocycles. The predicted molar refractivity (Wildman–Crippen MR) is 44.1 cm³/mol. The fraction of sp³-hybridized carbons (Fsp3) is 0.625. The number of esters is 1. The maximum atomic E-state index is 10.8. The van der Waals surface area contributed by atoms with Crippen LogP contribution in [-0.2, 0) is 9.53 Å². The molecule has 3 heteroatoms. The molecule has 0 fully saturated rings. The van der Waals surface area contributed by atoms with Crippen LogP contribution in [0.1, 0.15) is 13.8 Å². The van der Waals surface area contributed by atoms with Crippen LogP contribution in [0.3, 0.4) is 0 Å². The van der Waals surface area contributed by atoms with Gasteiger partial charge in [0, 0.05) is 26.4 Å². The second-order valence-electron chi connectivity index (χ2n) is 2.76. The second-order valence-corrected chi connectivity index (χ2v) is 2.76. The SMILES string of the molecule is CC(C)OC(=O)C=CN(C)C. The Hall–Kier alpha value is -0.990. The van der Waals surface area contributed by atoms with Crippen LogP contribution >= 0.6 is 0 Å². The number of carbonyl (C=O) groups excluding carboxylic acids is 1. The van der Waals surface area contributed by atoms with Gasteiger partial charge in [0.25, 0.3) is 0 Å². The molecule has 0 rings (SSSR count). The first-order valence-electron chi connectivity index (χ1n) is 3.57. The van der Waals surface area contributed by atoms with Gasteiger partial charge in [-0.2, -0.15) is 0 Å². The lowest BCUT2D eigenvalue weighted by molar-refractivity contribution is -0.141. The van der Waals surface area contributed by atoms with Gasteiger partial charge in [0.1, 0.15) is 0 Å². The van der Waals surface area contributed by atoms with E-state index in [-0.39, 0.29) is 12.1 Å². The molecule has 0 amide bonds. The van der Waals surface area contributed by atoms with Crippen LogP contribution in [0.15, 0.2) is 12.3 Å². The smallest absolute Gasteiger partial charge is 0.332 e. The molecule has 0 aliphatic carbocycles. The third kappa shape index (κ3) is 6.90. The van der Waals surface area contributed by atoms with Crippen LogP contribution in [0.25, 0.3) is 0 Å². The summed E-state index contributed by atoms with van der Waals surface area (Å²) in [6.07, 6.45) is 3.01. The van der Waals surface area contributed by atoms with Crippen LogP contribution in [-0.4, -0.2) is 31.1 Å². The third-order valence-electron chi connectivity index (χ3n) is 0.861. The van der Waals surface area contributed by atoms with Crippen molar-refractivity contribution >= 4 is 5.97 Å². The summed E-state index contributed by atoms with van der Waals surface area (Å²) in [6, 6.07) is 0. The van der Waals surface area contributed by atoms with E-state index in [4.69, 9.17) is 4.74 Å². The summed E-state index contributed by atoms with van der Waals surface area (Å²) in [5.41, 5.74) is 0. The molecule has 0 atom stereocenters. The number of carbonyl (C=O) groups is 1. The third-order valence-corrected chi connectivity index (χ3v) is 0.861. The first kappa shape index (κ1) is 10.0. The van der Waals surface area contributed by atoms with Gasteiger partial charge in [0.2, 0.25) is 0 Å². The zero-order chi connectivity index (χ0) is 8.85. The van der Waals surface area contributed by atoms with Gasteiger partial charge in [-0.25, -0.2) is 4.79 Å². The van der Waals surface area contributed by atoms with Gasteiger partial charge >= 0.3 is 5.97 Å². The first-order valence-corrected chi connectivity index (χ1v) is 3.57. The highest BCUT2D eigenvalue weighted by Crippen LogP contribution is 1.90. The van der Waals surface area contributed by atoms with Crippen LogP contribution < -0.4 is 0 Å². The van der Waals surface area contributed by atoms with Crippen LogP contribution in [0.2, 0.25) is 0 Å². The van der Waals surface area contributed by atoms with Crippen molar-refractivity contribution in [1.29, 1.82) is 0 Å². The van der Waals surface area contributed by atoms with Gasteiger partial charge in [-0.3, -0.25) is 0 Å². The molecular formula is C8H15NO2. The summed E-state index contributed by atoms with van der Waals surface area (Å²) < 4.78 is 4.85. The summed E-state index contributed by atoms with van der Waals surface area (Å²) in [5, 5.41) is 0. The Labute approximate surface area is 67.6 Å². The normalized spacial score (nSPS) is 10.6. The highest BCUT2D eigenvalue weighted by molar-refractivity contribution is 5.81. The molecule has 0 aromatic heterocycles. The van der Waals surface area contributed by atoms with Gasteiger partial charge in [-0.1, -0.05) is 0 Å². The minimum absolute atomic E-state index is 0.0469. The molecular weight excluding hydrogens is 142 g/mol. The molecule has 0 aliphatic heterocycles. The van der Waals surface area contributed by atoms with E-state index in [1.54, 1.807) is 11.1 Å². The van der Waals surface area contributed by atoms with Crippen molar-refractivity contribution in [2.45, 2.75) is 20.0 Å². The van der Waals surface area contributed by atoms with E-state index in [1.807, 2.05) is 27.9 Å². The van der Waals surface area contributed by atoms with Crippen LogP contribution in [0.5, 0.6) is 0 Å². The average Bonchev–Trinajstić information content (AvgIpc) is 1.82. The summed E-state index contributed by atoms with van der Waals surface area (Å²) in [6.45, 7) is 3.64. The number of hydrogen-bond donors (Lipinski definition) is 0. The van der Waals surface area contributed by atoms with E-state index >= 15 is 0 Å². The van der Waals surface area contributed by atoms with Gasteiger partial charge in [0.15, 0.2) is 0 Å². The molecule has 64 valence electrons. The maximum Gasteiger partial charge on any atom is 0.332 e. The van der Waals surface area contributed by atoms with Crippen molar-refractivity contribution in [2.24, 2.45) is 0 Å². The molecule has 0 heterocycles. The summed E-state index contributed by atoms with van der Waals surface area (Å²) in [7, 11) is 3.69. The zero-order valence-corrected chi connectivity index (χ0v) is 7.50.